The summed E-state index contributed by atoms with van der Waals surface area (Å²) in [7, 11) is 3.22. The van der Waals surface area contributed by atoms with Gasteiger partial charge in [-0.15, -0.1) is 0 Å². The Balaban J connectivity index is 2.32. The molecule has 1 aromatic heterocycles. The largest absolute Gasteiger partial charge is 0.497 e. The highest BCUT2D eigenvalue weighted by Gasteiger charge is 2.11. The molecule has 108 valence electrons. The Hall–Kier alpha value is -2.33. The molecule has 0 spiro atoms. The molecule has 21 heavy (non-hydrogen) atoms. The summed E-state index contributed by atoms with van der Waals surface area (Å²) >= 11 is 0. The van der Waals surface area contributed by atoms with Crippen molar-refractivity contribution in [3.05, 3.63) is 52.4 Å². The first-order valence-electron chi connectivity index (χ1n) is 6.71. The molecule has 0 radical (unpaired) electrons. The molecule has 0 saturated carbocycles. The van der Waals surface area contributed by atoms with Crippen LogP contribution < -0.4 is 10.4 Å². The van der Waals surface area contributed by atoms with E-state index in [1.165, 1.54) is 0 Å². The van der Waals surface area contributed by atoms with Gasteiger partial charge in [0, 0.05) is 18.6 Å². The third kappa shape index (κ3) is 2.28. The first kappa shape index (κ1) is 13.6. The first-order chi connectivity index (χ1) is 10.1. The van der Waals surface area contributed by atoms with Crippen molar-refractivity contribution in [1.82, 2.24) is 0 Å². The van der Waals surface area contributed by atoms with E-state index >= 15 is 0 Å². The van der Waals surface area contributed by atoms with E-state index in [9.17, 15) is 4.79 Å². The van der Waals surface area contributed by atoms with Gasteiger partial charge in [0.2, 0.25) is 0 Å². The number of ether oxygens (including phenoxy) is 2. The number of benzene rings is 2. The summed E-state index contributed by atoms with van der Waals surface area (Å²) in [5, 5.41) is 2.33. The summed E-state index contributed by atoms with van der Waals surface area (Å²) in [6.07, 6.45) is -0.0691. The Morgan fingerprint density at radius 3 is 2.48 bits per heavy atom. The molecule has 0 bridgehead atoms. The molecule has 1 heterocycles. The number of hydrogen-bond donors (Lipinski definition) is 0. The summed E-state index contributed by atoms with van der Waals surface area (Å²) in [6.45, 7) is 1.94. The third-order valence-corrected chi connectivity index (χ3v) is 3.77. The molecule has 0 saturated heterocycles. The minimum absolute atomic E-state index is 0.0691. The summed E-state index contributed by atoms with van der Waals surface area (Å²) in [6, 6.07) is 11.2. The van der Waals surface area contributed by atoms with Gasteiger partial charge in [-0.1, -0.05) is 12.1 Å². The summed E-state index contributed by atoms with van der Waals surface area (Å²) in [5.41, 5.74) is 1.13. The van der Waals surface area contributed by atoms with Crippen LogP contribution in [0.4, 0.5) is 0 Å². The van der Waals surface area contributed by atoms with Gasteiger partial charge in [-0.2, -0.15) is 0 Å². The Morgan fingerprint density at radius 1 is 1.00 bits per heavy atom. The lowest BCUT2D eigenvalue weighted by molar-refractivity contribution is 0.119. The molecule has 2 aromatic carbocycles. The normalized spacial score (nSPS) is 12.7. The Labute approximate surface area is 121 Å². The van der Waals surface area contributed by atoms with Crippen molar-refractivity contribution in [3.8, 4) is 5.75 Å². The quantitative estimate of drug-likeness (QED) is 0.544. The fraction of sp³-hybridized carbons (Fsp3) is 0.235. The van der Waals surface area contributed by atoms with Crippen LogP contribution in [0.2, 0.25) is 0 Å². The van der Waals surface area contributed by atoms with Crippen LogP contribution >= 0.6 is 0 Å². The molecular formula is C17H16O4. The highest BCUT2D eigenvalue weighted by Crippen LogP contribution is 2.28. The molecule has 0 N–H and O–H groups in total. The number of rotatable bonds is 3. The van der Waals surface area contributed by atoms with Gasteiger partial charge in [0.15, 0.2) is 0 Å². The van der Waals surface area contributed by atoms with Crippen molar-refractivity contribution >= 4 is 21.7 Å². The second kappa shape index (κ2) is 5.22. The van der Waals surface area contributed by atoms with E-state index in [2.05, 4.69) is 0 Å². The molecule has 0 amide bonds. The molecule has 3 aromatic rings. The van der Waals surface area contributed by atoms with Crippen LogP contribution in [0.5, 0.6) is 5.75 Å². The number of methoxy groups -OCH3 is 2. The van der Waals surface area contributed by atoms with Crippen LogP contribution in [0.1, 0.15) is 18.6 Å². The van der Waals surface area contributed by atoms with Crippen LogP contribution in [0, 0.1) is 0 Å². The second-order valence-electron chi connectivity index (χ2n) is 4.93. The molecule has 0 fully saturated rings. The van der Waals surface area contributed by atoms with Crippen molar-refractivity contribution < 1.29 is 13.9 Å². The van der Waals surface area contributed by atoms with Gasteiger partial charge in [-0.25, -0.2) is 4.79 Å². The summed E-state index contributed by atoms with van der Waals surface area (Å²) in [4.78, 5) is 12.2. The topological polar surface area (TPSA) is 48.7 Å². The molecule has 4 heteroatoms. The van der Waals surface area contributed by atoms with E-state index in [0.717, 1.165) is 16.3 Å². The smallest absolute Gasteiger partial charge is 0.344 e. The molecule has 0 aliphatic heterocycles. The minimum Gasteiger partial charge on any atom is -0.497 e. The molecule has 4 nitrogen and oxygen atoms in total. The van der Waals surface area contributed by atoms with Gasteiger partial charge in [-0.05, 0) is 36.1 Å². The van der Waals surface area contributed by atoms with Gasteiger partial charge in [0.05, 0.1) is 18.6 Å². The average molecular weight is 284 g/mol. The maximum atomic E-state index is 12.2. The summed E-state index contributed by atoms with van der Waals surface area (Å²) in [5.74, 6) is 0.662. The zero-order valence-electron chi connectivity index (χ0n) is 12.2. The van der Waals surface area contributed by atoms with Crippen LogP contribution in [0.25, 0.3) is 21.7 Å². The van der Waals surface area contributed by atoms with Crippen LogP contribution in [0.15, 0.2) is 45.6 Å². The van der Waals surface area contributed by atoms with Crippen LogP contribution in [0.3, 0.4) is 0 Å². The maximum absolute atomic E-state index is 12.2. The van der Waals surface area contributed by atoms with Gasteiger partial charge < -0.3 is 13.9 Å². The Kier molecular flexibility index (Phi) is 3.39. The van der Waals surface area contributed by atoms with E-state index < -0.39 is 0 Å². The lowest BCUT2D eigenvalue weighted by Gasteiger charge is -2.11. The lowest BCUT2D eigenvalue weighted by atomic mass is 10.0. The standard InChI is InChI=1S/C17H16O4/c1-10(19-2)11-4-6-13-14-7-5-12(20-3)9-16(14)21-17(18)15(13)8-11/h4-10H,1-3H3. The van der Waals surface area contributed by atoms with E-state index in [4.69, 9.17) is 13.9 Å². The average Bonchev–Trinajstić information content (AvgIpc) is 2.53. The van der Waals surface area contributed by atoms with Gasteiger partial charge in [0.25, 0.3) is 0 Å². The highest BCUT2D eigenvalue weighted by atomic mass is 16.5. The van der Waals surface area contributed by atoms with Crippen molar-refractivity contribution in [2.24, 2.45) is 0 Å². The minimum atomic E-state index is -0.351. The first-order valence-corrected chi connectivity index (χ1v) is 6.71. The Morgan fingerprint density at radius 2 is 1.76 bits per heavy atom. The van der Waals surface area contributed by atoms with E-state index in [1.54, 1.807) is 20.3 Å². The Bertz CT molecular complexity index is 864. The zero-order chi connectivity index (χ0) is 15.0. The SMILES string of the molecule is COc1ccc2c(c1)oc(=O)c1cc(C(C)OC)ccc12. The molecule has 0 aliphatic rings. The predicted octanol–water partition coefficient (Wildman–Crippen LogP) is 3.66. The predicted molar refractivity (Wildman–Crippen MR) is 82.0 cm³/mol. The van der Waals surface area contributed by atoms with Gasteiger partial charge in [-0.3, -0.25) is 0 Å². The lowest BCUT2D eigenvalue weighted by Crippen LogP contribution is -2.03. The fourth-order valence-electron chi connectivity index (χ4n) is 2.45. The van der Waals surface area contributed by atoms with E-state index in [-0.39, 0.29) is 11.7 Å². The third-order valence-electron chi connectivity index (χ3n) is 3.77. The number of hydrogen-bond acceptors (Lipinski definition) is 4. The second-order valence-corrected chi connectivity index (χ2v) is 4.93. The highest BCUT2D eigenvalue weighted by molar-refractivity contribution is 6.04. The van der Waals surface area contributed by atoms with E-state index in [1.807, 2.05) is 37.3 Å². The molecular weight excluding hydrogens is 268 g/mol. The van der Waals surface area contributed by atoms with Crippen LogP contribution in [-0.4, -0.2) is 14.2 Å². The van der Waals surface area contributed by atoms with Crippen molar-refractivity contribution in [2.45, 2.75) is 13.0 Å². The van der Waals surface area contributed by atoms with Crippen molar-refractivity contribution in [2.75, 3.05) is 14.2 Å². The fourth-order valence-corrected chi connectivity index (χ4v) is 2.45. The zero-order valence-corrected chi connectivity index (χ0v) is 12.2. The number of fused-ring (bicyclic) bond motifs is 3. The van der Waals surface area contributed by atoms with Crippen LogP contribution in [-0.2, 0) is 4.74 Å². The maximum Gasteiger partial charge on any atom is 0.344 e. The van der Waals surface area contributed by atoms with Crippen molar-refractivity contribution in [3.63, 3.8) is 0 Å². The monoisotopic (exact) mass is 284 g/mol. The molecule has 3 rings (SSSR count). The molecule has 1 unspecified atom stereocenters. The molecule has 0 aliphatic carbocycles. The summed E-state index contributed by atoms with van der Waals surface area (Å²) < 4.78 is 15.9. The van der Waals surface area contributed by atoms with Gasteiger partial charge >= 0.3 is 5.63 Å². The van der Waals surface area contributed by atoms with Crippen molar-refractivity contribution in [1.29, 1.82) is 0 Å². The van der Waals surface area contributed by atoms with E-state index in [0.29, 0.717) is 16.7 Å². The molecule has 1 atom stereocenters. The van der Waals surface area contributed by atoms with Gasteiger partial charge in [0.1, 0.15) is 11.3 Å².